The Bertz CT molecular complexity index is 589. The largest absolute Gasteiger partial charge is 0.462 e. The zero-order chi connectivity index (χ0) is 18.7. The molecule has 1 heterocycles. The number of amides is 1. The first-order valence-electron chi connectivity index (χ1n) is 7.33. The van der Waals surface area contributed by atoms with Crippen molar-refractivity contribution in [3.8, 4) is 0 Å². The second kappa shape index (κ2) is 11.1. The normalized spacial score (nSPS) is 10.5. The molecule has 0 fully saturated rings. The van der Waals surface area contributed by atoms with Crippen molar-refractivity contribution in [1.29, 1.82) is 0 Å². The number of aliphatic hydroxyl groups excluding tert-OH is 1. The van der Waals surface area contributed by atoms with Gasteiger partial charge in [0.05, 0.1) is 37.6 Å². The first-order valence-corrected chi connectivity index (χ1v) is 7.33. The molecule has 0 unspecified atom stereocenters. The van der Waals surface area contributed by atoms with E-state index in [9.17, 15) is 19.7 Å². The Balaban J connectivity index is 2.68. The summed E-state index contributed by atoms with van der Waals surface area (Å²) in [4.78, 5) is 33.9. The van der Waals surface area contributed by atoms with E-state index in [4.69, 9.17) is 19.3 Å². The fraction of sp³-hybridized carbons (Fsp3) is 0.615. The lowest BCUT2D eigenvalue weighted by Gasteiger charge is -2.06. The summed E-state index contributed by atoms with van der Waals surface area (Å²) in [5.41, 5.74) is -0.142. The third kappa shape index (κ3) is 7.24. The summed E-state index contributed by atoms with van der Waals surface area (Å²) in [5.74, 6) is -1.93. The van der Waals surface area contributed by atoms with E-state index in [-0.39, 0.29) is 45.3 Å². The maximum Gasteiger partial charge on any atom is 0.390 e. The molecule has 0 aliphatic rings. The Kier molecular flexibility index (Phi) is 9.06. The first kappa shape index (κ1) is 20.5. The fourth-order valence-electron chi connectivity index (χ4n) is 1.70. The molecule has 0 bridgehead atoms. The van der Waals surface area contributed by atoms with Gasteiger partial charge in [-0.05, 0) is 4.92 Å². The van der Waals surface area contributed by atoms with Crippen molar-refractivity contribution in [1.82, 2.24) is 15.1 Å². The molecule has 0 aliphatic heterocycles. The highest BCUT2D eigenvalue weighted by Gasteiger charge is 2.25. The lowest BCUT2D eigenvalue weighted by molar-refractivity contribution is -0.389. The van der Waals surface area contributed by atoms with E-state index in [1.54, 1.807) is 0 Å². The van der Waals surface area contributed by atoms with E-state index >= 15 is 0 Å². The molecule has 2 N–H and O–H groups in total. The molecule has 1 amide bonds. The van der Waals surface area contributed by atoms with E-state index < -0.39 is 29.2 Å². The average molecular weight is 360 g/mol. The number of nitro groups is 1. The van der Waals surface area contributed by atoms with Crippen LogP contribution in [0, 0.1) is 10.1 Å². The number of aromatic nitrogens is 2. The van der Waals surface area contributed by atoms with Gasteiger partial charge in [-0.15, -0.1) is 0 Å². The zero-order valence-electron chi connectivity index (χ0n) is 13.7. The molecule has 0 aliphatic carbocycles. The molecule has 0 atom stereocenters. The molecule has 0 spiro atoms. The highest BCUT2D eigenvalue weighted by molar-refractivity contribution is 5.93. The van der Waals surface area contributed by atoms with Crippen LogP contribution in [0.3, 0.4) is 0 Å². The summed E-state index contributed by atoms with van der Waals surface area (Å²) in [7, 11) is 1.46. The second-order valence-electron chi connectivity index (χ2n) is 4.61. The summed E-state index contributed by atoms with van der Waals surface area (Å²) in [6.07, 6.45) is 0. The quantitative estimate of drug-likeness (QED) is 0.201. The van der Waals surface area contributed by atoms with E-state index in [2.05, 4.69) is 10.4 Å². The van der Waals surface area contributed by atoms with Crippen LogP contribution >= 0.6 is 0 Å². The molecular weight excluding hydrogens is 340 g/mol. The molecule has 0 radical (unpaired) electrons. The SMILES string of the molecule is COCCNC(=O)c1cc([N+](=O)[O-])nn1CC(=O)OCCOCCO. The van der Waals surface area contributed by atoms with Gasteiger partial charge in [0.2, 0.25) is 0 Å². The average Bonchev–Trinajstić information content (AvgIpc) is 2.99. The number of nitrogens with one attached hydrogen (secondary N) is 1. The molecule has 1 rings (SSSR count). The van der Waals surface area contributed by atoms with Gasteiger partial charge in [0.25, 0.3) is 5.91 Å². The Morgan fingerprint density at radius 1 is 1.36 bits per heavy atom. The lowest BCUT2D eigenvalue weighted by atomic mass is 10.3. The number of methoxy groups -OCH3 is 1. The topological polar surface area (TPSA) is 155 Å². The number of hydrogen-bond acceptors (Lipinski definition) is 9. The van der Waals surface area contributed by atoms with E-state index in [0.717, 1.165) is 10.7 Å². The maximum atomic E-state index is 12.0. The van der Waals surface area contributed by atoms with Crippen LogP contribution < -0.4 is 5.32 Å². The summed E-state index contributed by atoms with van der Waals surface area (Å²) < 4.78 is 15.5. The Morgan fingerprint density at radius 3 is 2.76 bits per heavy atom. The molecular formula is C13H20N4O8. The minimum Gasteiger partial charge on any atom is -0.462 e. The number of esters is 1. The third-order valence-electron chi connectivity index (χ3n) is 2.78. The van der Waals surface area contributed by atoms with Crippen LogP contribution in [0.2, 0.25) is 0 Å². The van der Waals surface area contributed by atoms with E-state index in [1.807, 2.05) is 0 Å². The summed E-state index contributed by atoms with van der Waals surface area (Å²) in [5, 5.41) is 25.5. The van der Waals surface area contributed by atoms with Crippen molar-refractivity contribution >= 4 is 17.7 Å². The minimum absolute atomic E-state index is 0.0580. The summed E-state index contributed by atoms with van der Waals surface area (Å²) >= 11 is 0. The van der Waals surface area contributed by atoms with Crippen molar-refractivity contribution in [2.24, 2.45) is 0 Å². The summed E-state index contributed by atoms with van der Waals surface area (Å²) in [6.45, 7) is -0.00566. The molecule has 1 aromatic rings. The predicted molar refractivity (Wildman–Crippen MR) is 82.0 cm³/mol. The maximum absolute atomic E-state index is 12.0. The van der Waals surface area contributed by atoms with Gasteiger partial charge in [0.15, 0.2) is 12.2 Å². The monoisotopic (exact) mass is 360 g/mol. The third-order valence-corrected chi connectivity index (χ3v) is 2.78. The van der Waals surface area contributed by atoms with Crippen LogP contribution in [0.5, 0.6) is 0 Å². The standard InChI is InChI=1S/C13H20N4O8/c1-23-4-2-14-13(20)10-8-11(17(21)22)15-16(10)9-12(19)25-7-6-24-5-3-18/h8,18H,2-7,9H2,1H3,(H,14,20). The smallest absolute Gasteiger partial charge is 0.390 e. The van der Waals surface area contributed by atoms with Crippen LogP contribution in [0.25, 0.3) is 0 Å². The van der Waals surface area contributed by atoms with Crippen LogP contribution in [0.4, 0.5) is 5.82 Å². The van der Waals surface area contributed by atoms with Gasteiger partial charge < -0.3 is 34.7 Å². The van der Waals surface area contributed by atoms with Crippen LogP contribution in [-0.2, 0) is 25.5 Å². The van der Waals surface area contributed by atoms with Gasteiger partial charge >= 0.3 is 11.8 Å². The number of carbonyl (C=O) groups is 2. The fourth-order valence-corrected chi connectivity index (χ4v) is 1.70. The van der Waals surface area contributed by atoms with Crippen molar-refractivity contribution in [2.45, 2.75) is 6.54 Å². The van der Waals surface area contributed by atoms with Gasteiger partial charge in [-0.1, -0.05) is 0 Å². The lowest BCUT2D eigenvalue weighted by Crippen LogP contribution is -2.30. The molecule has 0 aromatic carbocycles. The van der Waals surface area contributed by atoms with E-state index in [1.165, 1.54) is 7.11 Å². The number of rotatable bonds is 12. The zero-order valence-corrected chi connectivity index (χ0v) is 13.7. The molecule has 12 heteroatoms. The Labute approximate surface area is 142 Å². The van der Waals surface area contributed by atoms with Crippen molar-refractivity contribution < 1.29 is 33.8 Å². The van der Waals surface area contributed by atoms with Gasteiger partial charge in [-0.25, -0.2) is 4.79 Å². The number of aliphatic hydroxyl groups is 1. The number of carbonyl (C=O) groups excluding carboxylic acids is 2. The van der Waals surface area contributed by atoms with Crippen molar-refractivity contribution in [3.63, 3.8) is 0 Å². The minimum atomic E-state index is -0.767. The first-order chi connectivity index (χ1) is 12.0. The van der Waals surface area contributed by atoms with Crippen LogP contribution in [0.15, 0.2) is 6.07 Å². The number of hydrogen-bond donors (Lipinski definition) is 2. The van der Waals surface area contributed by atoms with Gasteiger partial charge in [-0.3, -0.25) is 4.79 Å². The van der Waals surface area contributed by atoms with Gasteiger partial charge in [0, 0.05) is 13.7 Å². The Hall–Kier alpha value is -2.57. The van der Waals surface area contributed by atoms with Gasteiger partial charge in [-0.2, -0.15) is 4.68 Å². The second-order valence-corrected chi connectivity index (χ2v) is 4.61. The molecule has 0 saturated heterocycles. The Morgan fingerprint density at radius 2 is 2.12 bits per heavy atom. The number of ether oxygens (including phenoxy) is 3. The number of nitrogens with zero attached hydrogens (tertiary/aromatic N) is 3. The summed E-state index contributed by atoms with van der Waals surface area (Å²) in [6, 6.07) is 0.972. The molecule has 25 heavy (non-hydrogen) atoms. The van der Waals surface area contributed by atoms with Crippen LogP contribution in [0.1, 0.15) is 10.5 Å². The predicted octanol–water partition coefficient (Wildman–Crippen LogP) is -1.28. The highest BCUT2D eigenvalue weighted by atomic mass is 16.6. The van der Waals surface area contributed by atoms with Crippen molar-refractivity contribution in [3.05, 3.63) is 21.9 Å². The molecule has 0 saturated carbocycles. The molecule has 140 valence electrons. The van der Waals surface area contributed by atoms with Crippen molar-refractivity contribution in [2.75, 3.05) is 46.7 Å². The van der Waals surface area contributed by atoms with E-state index in [0.29, 0.717) is 0 Å². The molecule has 12 nitrogen and oxygen atoms in total. The van der Waals surface area contributed by atoms with Gasteiger partial charge in [0.1, 0.15) is 6.61 Å². The molecule has 1 aromatic heterocycles. The highest BCUT2D eigenvalue weighted by Crippen LogP contribution is 2.12. The van der Waals surface area contributed by atoms with Crippen LogP contribution in [-0.4, -0.2) is 78.4 Å².